The standard InChI is InChI=1S/C14H26N2O2.ClH/c1-13(4-3-5-13)10-16-12(17)14(11-18-2)6-8-15-9-7-14;/h15H,3-11H2,1-2H3,(H,16,17);1H. The number of nitrogens with one attached hydrogen (secondary N) is 2. The highest BCUT2D eigenvalue weighted by molar-refractivity contribution is 5.85. The predicted molar refractivity (Wildman–Crippen MR) is 78.6 cm³/mol. The molecule has 2 N–H and O–H groups in total. The zero-order valence-electron chi connectivity index (χ0n) is 12.1. The highest BCUT2D eigenvalue weighted by Crippen LogP contribution is 2.40. The van der Waals surface area contributed by atoms with Crippen molar-refractivity contribution in [2.75, 3.05) is 33.4 Å². The van der Waals surface area contributed by atoms with E-state index in [9.17, 15) is 4.79 Å². The molecule has 0 unspecified atom stereocenters. The normalized spacial score (nSPS) is 23.9. The molecule has 1 saturated carbocycles. The lowest BCUT2D eigenvalue weighted by atomic mass is 9.70. The second-order valence-corrected chi connectivity index (χ2v) is 6.31. The van der Waals surface area contributed by atoms with E-state index in [4.69, 9.17) is 4.74 Å². The van der Waals surface area contributed by atoms with Crippen LogP contribution in [0.25, 0.3) is 0 Å². The first-order valence-electron chi connectivity index (χ1n) is 7.08. The quantitative estimate of drug-likeness (QED) is 0.811. The maximum absolute atomic E-state index is 12.5. The van der Waals surface area contributed by atoms with Gasteiger partial charge in [0.25, 0.3) is 0 Å². The van der Waals surface area contributed by atoms with Crippen LogP contribution < -0.4 is 10.6 Å². The smallest absolute Gasteiger partial charge is 0.228 e. The van der Waals surface area contributed by atoms with Gasteiger partial charge in [-0.2, -0.15) is 0 Å². The van der Waals surface area contributed by atoms with E-state index in [1.54, 1.807) is 7.11 Å². The van der Waals surface area contributed by atoms with Gasteiger partial charge < -0.3 is 15.4 Å². The molecule has 2 fully saturated rings. The number of halogens is 1. The van der Waals surface area contributed by atoms with Crippen molar-refractivity contribution in [3.05, 3.63) is 0 Å². The maximum atomic E-state index is 12.5. The Labute approximate surface area is 122 Å². The highest BCUT2D eigenvalue weighted by Gasteiger charge is 2.41. The van der Waals surface area contributed by atoms with E-state index in [1.165, 1.54) is 19.3 Å². The van der Waals surface area contributed by atoms with Gasteiger partial charge in [0.15, 0.2) is 0 Å². The summed E-state index contributed by atoms with van der Waals surface area (Å²) in [7, 11) is 1.68. The largest absolute Gasteiger partial charge is 0.384 e. The predicted octanol–water partition coefficient (Wildman–Crippen LogP) is 1.73. The molecule has 0 bridgehead atoms. The van der Waals surface area contributed by atoms with Crippen molar-refractivity contribution in [3.8, 4) is 0 Å². The summed E-state index contributed by atoms with van der Waals surface area (Å²) in [5.74, 6) is 0.193. The molecule has 1 aliphatic carbocycles. The first kappa shape index (κ1) is 16.7. The van der Waals surface area contributed by atoms with Crippen LogP contribution in [0.3, 0.4) is 0 Å². The van der Waals surface area contributed by atoms with Gasteiger partial charge in [0.05, 0.1) is 12.0 Å². The lowest BCUT2D eigenvalue weighted by Crippen LogP contribution is -2.52. The molecule has 4 nitrogen and oxygen atoms in total. The van der Waals surface area contributed by atoms with Crippen molar-refractivity contribution in [2.24, 2.45) is 10.8 Å². The molecule has 0 aromatic carbocycles. The lowest BCUT2D eigenvalue weighted by molar-refractivity contribution is -0.137. The van der Waals surface area contributed by atoms with Crippen molar-refractivity contribution < 1.29 is 9.53 Å². The van der Waals surface area contributed by atoms with Crippen molar-refractivity contribution >= 4 is 18.3 Å². The van der Waals surface area contributed by atoms with Gasteiger partial charge in [-0.15, -0.1) is 12.4 Å². The van der Waals surface area contributed by atoms with E-state index >= 15 is 0 Å². The molecule has 0 atom stereocenters. The summed E-state index contributed by atoms with van der Waals surface area (Å²) in [5.41, 5.74) is 0.0386. The molecule has 1 saturated heterocycles. The van der Waals surface area contributed by atoms with Gasteiger partial charge in [0.2, 0.25) is 5.91 Å². The molecule has 5 heteroatoms. The van der Waals surface area contributed by atoms with Gasteiger partial charge in [-0.05, 0) is 44.2 Å². The first-order chi connectivity index (χ1) is 8.60. The number of carbonyl (C=O) groups is 1. The second kappa shape index (κ2) is 6.91. The van der Waals surface area contributed by atoms with Crippen LogP contribution in [0.4, 0.5) is 0 Å². The number of hydrogen-bond acceptors (Lipinski definition) is 3. The lowest BCUT2D eigenvalue weighted by Gasteiger charge is -2.41. The van der Waals surface area contributed by atoms with Crippen LogP contribution in [-0.4, -0.2) is 39.3 Å². The summed E-state index contributed by atoms with van der Waals surface area (Å²) < 4.78 is 5.29. The minimum Gasteiger partial charge on any atom is -0.384 e. The Bertz CT molecular complexity index is 294. The monoisotopic (exact) mass is 290 g/mol. The van der Waals surface area contributed by atoms with Gasteiger partial charge in [0.1, 0.15) is 0 Å². The Balaban J connectivity index is 0.00000180. The maximum Gasteiger partial charge on any atom is 0.228 e. The minimum absolute atomic E-state index is 0. The summed E-state index contributed by atoms with van der Waals surface area (Å²) in [6.07, 6.45) is 5.55. The zero-order chi connectivity index (χ0) is 13.1. The molecule has 0 aromatic heterocycles. The van der Waals surface area contributed by atoms with Gasteiger partial charge >= 0.3 is 0 Å². The Morgan fingerprint density at radius 1 is 1.26 bits per heavy atom. The number of rotatable bonds is 5. The molecule has 0 radical (unpaired) electrons. The average molecular weight is 291 g/mol. The van der Waals surface area contributed by atoms with Crippen molar-refractivity contribution in [1.82, 2.24) is 10.6 Å². The molecule has 1 heterocycles. The average Bonchev–Trinajstić information content (AvgIpc) is 2.35. The van der Waals surface area contributed by atoms with Gasteiger partial charge in [0, 0.05) is 13.7 Å². The number of hydrogen-bond donors (Lipinski definition) is 2. The van der Waals surface area contributed by atoms with Crippen LogP contribution >= 0.6 is 12.4 Å². The third-order valence-corrected chi connectivity index (χ3v) is 4.70. The van der Waals surface area contributed by atoms with Crippen LogP contribution in [0.1, 0.15) is 39.0 Å². The summed E-state index contributed by atoms with van der Waals surface area (Å²) >= 11 is 0. The molecule has 0 aromatic rings. The summed E-state index contributed by atoms with van der Waals surface area (Å²) in [5, 5.41) is 6.49. The number of amides is 1. The van der Waals surface area contributed by atoms with Crippen LogP contribution in [0.15, 0.2) is 0 Å². The van der Waals surface area contributed by atoms with E-state index in [0.717, 1.165) is 32.5 Å². The third kappa shape index (κ3) is 3.83. The van der Waals surface area contributed by atoms with Crippen LogP contribution in [0.5, 0.6) is 0 Å². The Hall–Kier alpha value is -0.320. The van der Waals surface area contributed by atoms with Gasteiger partial charge in [-0.3, -0.25) is 4.79 Å². The molecule has 2 rings (SSSR count). The van der Waals surface area contributed by atoms with E-state index < -0.39 is 0 Å². The molecule has 112 valence electrons. The molecule has 1 aliphatic heterocycles. The molecule has 0 spiro atoms. The minimum atomic E-state index is -0.305. The fourth-order valence-corrected chi connectivity index (χ4v) is 3.06. The summed E-state index contributed by atoms with van der Waals surface area (Å²) in [6, 6.07) is 0. The van der Waals surface area contributed by atoms with Crippen LogP contribution in [0, 0.1) is 10.8 Å². The topological polar surface area (TPSA) is 50.4 Å². The van der Waals surface area contributed by atoms with Crippen LogP contribution in [-0.2, 0) is 9.53 Å². The van der Waals surface area contributed by atoms with Crippen molar-refractivity contribution in [3.63, 3.8) is 0 Å². The van der Waals surface area contributed by atoms with Crippen molar-refractivity contribution in [2.45, 2.75) is 39.0 Å². The van der Waals surface area contributed by atoms with Crippen molar-refractivity contribution in [1.29, 1.82) is 0 Å². The summed E-state index contributed by atoms with van der Waals surface area (Å²) in [4.78, 5) is 12.5. The zero-order valence-corrected chi connectivity index (χ0v) is 12.9. The molecular formula is C14H27ClN2O2. The van der Waals surface area contributed by atoms with E-state index in [1.807, 2.05) is 0 Å². The summed E-state index contributed by atoms with van der Waals surface area (Å²) in [6.45, 7) is 5.45. The fourth-order valence-electron chi connectivity index (χ4n) is 3.06. The number of ether oxygens (including phenoxy) is 1. The number of carbonyl (C=O) groups excluding carboxylic acids is 1. The Kier molecular flexibility index (Phi) is 6.09. The van der Waals surface area contributed by atoms with Gasteiger partial charge in [-0.25, -0.2) is 0 Å². The Morgan fingerprint density at radius 3 is 2.37 bits per heavy atom. The van der Waals surface area contributed by atoms with E-state index in [2.05, 4.69) is 17.6 Å². The second-order valence-electron chi connectivity index (χ2n) is 6.31. The van der Waals surface area contributed by atoms with E-state index in [0.29, 0.717) is 12.0 Å². The number of piperidine rings is 1. The Morgan fingerprint density at radius 2 is 1.89 bits per heavy atom. The van der Waals surface area contributed by atoms with Crippen LogP contribution in [0.2, 0.25) is 0 Å². The SMILES string of the molecule is COCC1(C(=O)NCC2(C)CCC2)CCNCC1.Cl. The molecule has 19 heavy (non-hydrogen) atoms. The molecule has 1 amide bonds. The molecule has 2 aliphatic rings. The highest BCUT2D eigenvalue weighted by atomic mass is 35.5. The van der Waals surface area contributed by atoms with Gasteiger partial charge in [-0.1, -0.05) is 13.3 Å². The molecular weight excluding hydrogens is 264 g/mol. The first-order valence-corrected chi connectivity index (χ1v) is 7.08. The van der Waals surface area contributed by atoms with E-state index in [-0.39, 0.29) is 23.7 Å². The third-order valence-electron chi connectivity index (χ3n) is 4.70. The number of methoxy groups -OCH3 is 1. The fraction of sp³-hybridized carbons (Fsp3) is 0.929.